The van der Waals surface area contributed by atoms with Crippen molar-refractivity contribution in [3.05, 3.63) is 75.0 Å². The van der Waals surface area contributed by atoms with Gasteiger partial charge in [0.25, 0.3) is 5.56 Å². The molecule has 2 aromatic heterocycles. The van der Waals surface area contributed by atoms with Crippen molar-refractivity contribution >= 4 is 0 Å². The number of aryl methyl sites for hydroxylation is 2. The molecule has 0 amide bonds. The molecule has 7 heteroatoms. The standard InChI is InChI=1S/C18H17N3O3.ClH/c1-10-14(18(23)21(20-10)13-6-4-3-5-7-13)17-15-12(9-24-17)8-19-11(2)16(15)22;/h3-8,17,20,22H,9H2,1-2H3;1H. The summed E-state index contributed by atoms with van der Waals surface area (Å²) in [4.78, 5) is 16.0. The van der Waals surface area contributed by atoms with E-state index in [9.17, 15) is 9.90 Å². The number of ether oxygens (including phenoxy) is 1. The van der Waals surface area contributed by atoms with Crippen LogP contribution in [0.25, 0.3) is 5.69 Å². The van der Waals surface area contributed by atoms with Crippen LogP contribution >= 0.6 is 0 Å². The minimum Gasteiger partial charge on any atom is -1.00 e. The zero-order chi connectivity index (χ0) is 16.8. The van der Waals surface area contributed by atoms with Gasteiger partial charge in [0.05, 0.1) is 23.4 Å². The Morgan fingerprint density at radius 2 is 1.96 bits per heavy atom. The van der Waals surface area contributed by atoms with Crippen LogP contribution in [-0.2, 0) is 11.3 Å². The van der Waals surface area contributed by atoms with Crippen molar-refractivity contribution in [2.75, 3.05) is 0 Å². The molecule has 1 atom stereocenters. The number of aromatic nitrogens is 3. The molecule has 0 saturated carbocycles. The van der Waals surface area contributed by atoms with Crippen molar-refractivity contribution < 1.29 is 27.2 Å². The Labute approximate surface area is 150 Å². The predicted octanol–water partition coefficient (Wildman–Crippen LogP) is -1.07. The molecular weight excluding hydrogens is 342 g/mol. The summed E-state index contributed by atoms with van der Waals surface area (Å²) < 4.78 is 7.35. The number of hydrogen-bond acceptors (Lipinski definition) is 3. The first kappa shape index (κ1) is 17.3. The largest absolute Gasteiger partial charge is 1.00 e. The summed E-state index contributed by atoms with van der Waals surface area (Å²) in [6, 6.07) is 9.38. The SMILES string of the molecule is Cc1[nH]n(-c2ccccc2)c(=O)c1C1OCc2c[nH+]c(C)c(O)c21.[Cl-]. The third-order valence-corrected chi connectivity index (χ3v) is 4.48. The van der Waals surface area contributed by atoms with E-state index in [1.807, 2.05) is 43.5 Å². The van der Waals surface area contributed by atoms with Crippen molar-refractivity contribution in [1.29, 1.82) is 0 Å². The number of nitrogens with zero attached hydrogens (tertiary/aromatic N) is 1. The van der Waals surface area contributed by atoms with Crippen LogP contribution < -0.4 is 23.0 Å². The maximum atomic E-state index is 12.9. The first-order valence-corrected chi connectivity index (χ1v) is 7.79. The monoisotopic (exact) mass is 359 g/mol. The number of H-pyrrole nitrogens is 2. The highest BCUT2D eigenvalue weighted by molar-refractivity contribution is 5.47. The lowest BCUT2D eigenvalue weighted by Gasteiger charge is -2.10. The number of benzene rings is 1. The Kier molecular flexibility index (Phi) is 4.41. The molecule has 0 radical (unpaired) electrons. The summed E-state index contributed by atoms with van der Waals surface area (Å²) in [6.07, 6.45) is 1.25. The van der Waals surface area contributed by atoms with Crippen LogP contribution in [0.4, 0.5) is 0 Å². The Morgan fingerprint density at radius 3 is 2.68 bits per heavy atom. The van der Waals surface area contributed by atoms with Crippen LogP contribution in [0, 0.1) is 13.8 Å². The molecule has 3 aromatic rings. The van der Waals surface area contributed by atoms with Gasteiger partial charge in [-0.1, -0.05) is 18.2 Å². The van der Waals surface area contributed by atoms with Crippen molar-refractivity contribution in [2.45, 2.75) is 26.6 Å². The molecule has 1 aliphatic heterocycles. The van der Waals surface area contributed by atoms with Gasteiger partial charge in [0, 0.05) is 18.2 Å². The van der Waals surface area contributed by atoms with Crippen molar-refractivity contribution in [1.82, 2.24) is 9.78 Å². The fourth-order valence-corrected chi connectivity index (χ4v) is 3.22. The minimum absolute atomic E-state index is 0. The van der Waals surface area contributed by atoms with E-state index in [0.717, 1.165) is 16.9 Å². The molecule has 0 aliphatic carbocycles. The molecule has 0 bridgehead atoms. The van der Waals surface area contributed by atoms with Gasteiger partial charge in [-0.2, -0.15) is 0 Å². The number of pyridine rings is 1. The highest BCUT2D eigenvalue weighted by Gasteiger charge is 2.35. The van der Waals surface area contributed by atoms with Gasteiger partial charge >= 0.3 is 0 Å². The highest BCUT2D eigenvalue weighted by Crippen LogP contribution is 2.40. The maximum Gasteiger partial charge on any atom is 0.277 e. The number of aromatic amines is 2. The third-order valence-electron chi connectivity index (χ3n) is 4.48. The van der Waals surface area contributed by atoms with E-state index in [1.54, 1.807) is 6.92 Å². The van der Waals surface area contributed by atoms with Gasteiger partial charge in [0.1, 0.15) is 6.10 Å². The summed E-state index contributed by atoms with van der Waals surface area (Å²) in [5, 5.41) is 13.5. The molecule has 0 saturated heterocycles. The Balaban J connectivity index is 0.00000182. The van der Waals surface area contributed by atoms with E-state index in [4.69, 9.17) is 4.74 Å². The van der Waals surface area contributed by atoms with Crippen molar-refractivity contribution in [3.8, 4) is 11.4 Å². The average Bonchev–Trinajstić information content (AvgIpc) is 3.13. The number of para-hydroxylation sites is 1. The van der Waals surface area contributed by atoms with Crippen molar-refractivity contribution in [3.63, 3.8) is 0 Å². The number of fused-ring (bicyclic) bond motifs is 1. The van der Waals surface area contributed by atoms with Gasteiger partial charge < -0.3 is 22.3 Å². The number of hydrogen-bond donors (Lipinski definition) is 2. The van der Waals surface area contributed by atoms with Crippen LogP contribution in [0.5, 0.6) is 5.75 Å². The first-order valence-electron chi connectivity index (χ1n) is 7.79. The molecule has 130 valence electrons. The number of halogens is 1. The average molecular weight is 360 g/mol. The fourth-order valence-electron chi connectivity index (χ4n) is 3.22. The number of rotatable bonds is 2. The number of aromatic hydroxyl groups is 1. The lowest BCUT2D eigenvalue weighted by atomic mass is 9.99. The lowest BCUT2D eigenvalue weighted by Crippen LogP contribution is -3.00. The molecule has 3 heterocycles. The van der Waals surface area contributed by atoms with Gasteiger partial charge in [-0.25, -0.2) is 9.67 Å². The van der Waals surface area contributed by atoms with Gasteiger partial charge in [0.2, 0.25) is 5.69 Å². The third kappa shape index (κ3) is 2.63. The van der Waals surface area contributed by atoms with Crippen LogP contribution in [0.15, 0.2) is 41.3 Å². The van der Waals surface area contributed by atoms with Gasteiger partial charge in [-0.05, 0) is 19.1 Å². The second kappa shape index (κ2) is 6.38. The maximum absolute atomic E-state index is 12.9. The normalized spacial score (nSPS) is 15.7. The van der Waals surface area contributed by atoms with Crippen molar-refractivity contribution in [2.24, 2.45) is 0 Å². The van der Waals surface area contributed by atoms with Crippen LogP contribution in [0.3, 0.4) is 0 Å². The topological polar surface area (TPSA) is 81.4 Å². The van der Waals surface area contributed by atoms with Crippen LogP contribution in [0.1, 0.15) is 34.2 Å². The molecule has 0 spiro atoms. The molecule has 3 N–H and O–H groups in total. The van der Waals surface area contributed by atoms with Gasteiger partial charge in [0.15, 0.2) is 11.9 Å². The molecule has 4 rings (SSSR count). The second-order valence-corrected chi connectivity index (χ2v) is 6.02. The molecule has 25 heavy (non-hydrogen) atoms. The van der Waals surface area contributed by atoms with E-state index in [0.29, 0.717) is 23.4 Å². The van der Waals surface area contributed by atoms with E-state index < -0.39 is 6.10 Å². The lowest BCUT2D eigenvalue weighted by molar-refractivity contribution is -0.389. The quantitative estimate of drug-likeness (QED) is 0.611. The first-order chi connectivity index (χ1) is 11.6. The molecular formula is C18H18ClN3O3. The van der Waals surface area contributed by atoms with Gasteiger partial charge in [-0.3, -0.25) is 9.89 Å². The Bertz CT molecular complexity index is 979. The zero-order valence-corrected chi connectivity index (χ0v) is 14.6. The molecule has 1 unspecified atom stereocenters. The Morgan fingerprint density at radius 1 is 1.24 bits per heavy atom. The van der Waals surface area contributed by atoms with E-state index in [1.165, 1.54) is 4.68 Å². The highest BCUT2D eigenvalue weighted by atomic mass is 35.5. The predicted molar refractivity (Wildman–Crippen MR) is 87.2 cm³/mol. The summed E-state index contributed by atoms with van der Waals surface area (Å²) in [5.74, 6) is 0.154. The summed E-state index contributed by atoms with van der Waals surface area (Å²) >= 11 is 0. The molecule has 6 nitrogen and oxygen atoms in total. The zero-order valence-electron chi connectivity index (χ0n) is 13.8. The van der Waals surface area contributed by atoms with E-state index in [2.05, 4.69) is 10.1 Å². The van der Waals surface area contributed by atoms with Gasteiger partial charge in [-0.15, -0.1) is 0 Å². The second-order valence-electron chi connectivity index (χ2n) is 6.02. The summed E-state index contributed by atoms with van der Waals surface area (Å²) in [7, 11) is 0. The smallest absolute Gasteiger partial charge is 0.277 e. The van der Waals surface area contributed by atoms with E-state index >= 15 is 0 Å². The minimum atomic E-state index is -0.568. The Hall–Kier alpha value is -2.57. The molecule has 1 aliphatic rings. The molecule has 0 fully saturated rings. The number of nitrogens with one attached hydrogen (secondary N) is 2. The van der Waals surface area contributed by atoms with Crippen LogP contribution in [0.2, 0.25) is 0 Å². The summed E-state index contributed by atoms with van der Waals surface area (Å²) in [5.41, 5.74) is 4.05. The van der Waals surface area contributed by atoms with Crippen LogP contribution in [-0.4, -0.2) is 14.9 Å². The van der Waals surface area contributed by atoms with E-state index in [-0.39, 0.29) is 23.7 Å². The fraction of sp³-hybridized carbons (Fsp3) is 0.222. The molecule has 1 aromatic carbocycles. The summed E-state index contributed by atoms with van der Waals surface area (Å²) in [6.45, 7) is 3.99.